The van der Waals surface area contributed by atoms with Crippen LogP contribution in [0, 0.1) is 0 Å². The Morgan fingerprint density at radius 3 is 2.33 bits per heavy atom. The van der Waals surface area contributed by atoms with Gasteiger partial charge in [-0.05, 0) is 43.7 Å². The van der Waals surface area contributed by atoms with Crippen molar-refractivity contribution in [2.45, 2.75) is 37.2 Å². The van der Waals surface area contributed by atoms with E-state index in [2.05, 4.69) is 19.2 Å². The maximum atomic E-state index is 11.4. The average Bonchev–Trinajstić information content (AvgIpc) is 2.90. The summed E-state index contributed by atoms with van der Waals surface area (Å²) < 4.78 is 28.2. The Bertz CT molecular complexity index is 660. The second-order valence-corrected chi connectivity index (χ2v) is 7.43. The fourth-order valence-corrected chi connectivity index (χ4v) is 2.95. The molecular formula is C16H21NO3S. The van der Waals surface area contributed by atoms with E-state index in [1.807, 2.05) is 24.3 Å². The number of benzene rings is 1. The van der Waals surface area contributed by atoms with E-state index in [-0.39, 0.29) is 12.1 Å². The lowest BCUT2D eigenvalue weighted by Crippen LogP contribution is -2.30. The minimum Gasteiger partial charge on any atom is -0.469 e. The first kappa shape index (κ1) is 15.8. The maximum Gasteiger partial charge on any atom is 0.175 e. The fourth-order valence-electron chi connectivity index (χ4n) is 2.32. The summed E-state index contributed by atoms with van der Waals surface area (Å²) in [5.74, 6) is 0.953. The van der Waals surface area contributed by atoms with Crippen LogP contribution >= 0.6 is 0 Å². The molecule has 114 valence electrons. The first-order valence-electron chi connectivity index (χ1n) is 6.94. The molecule has 1 heterocycles. The minimum atomic E-state index is -3.14. The molecule has 0 fully saturated rings. The van der Waals surface area contributed by atoms with Gasteiger partial charge in [0.2, 0.25) is 0 Å². The minimum absolute atomic E-state index is 0.142. The molecule has 0 saturated carbocycles. The van der Waals surface area contributed by atoms with E-state index < -0.39 is 9.84 Å². The summed E-state index contributed by atoms with van der Waals surface area (Å²) in [4.78, 5) is 0.349. The van der Waals surface area contributed by atoms with Crippen molar-refractivity contribution in [3.05, 3.63) is 54.0 Å². The molecule has 21 heavy (non-hydrogen) atoms. The van der Waals surface area contributed by atoms with Crippen molar-refractivity contribution in [3.8, 4) is 0 Å². The van der Waals surface area contributed by atoms with Crippen LogP contribution in [0.1, 0.15) is 31.2 Å². The first-order chi connectivity index (χ1) is 9.86. The Kier molecular flexibility index (Phi) is 4.85. The van der Waals surface area contributed by atoms with Crippen LogP contribution < -0.4 is 5.32 Å². The standard InChI is InChI=1S/C16H21NO3S/c1-12(11-15-5-4-10-20-15)17-13(2)14-6-8-16(9-7-14)21(3,18)19/h4-10,12-13,17H,11H2,1-3H3. The third-order valence-corrected chi connectivity index (χ3v) is 4.56. The van der Waals surface area contributed by atoms with E-state index >= 15 is 0 Å². The van der Waals surface area contributed by atoms with Gasteiger partial charge in [-0.15, -0.1) is 0 Å². The largest absolute Gasteiger partial charge is 0.469 e. The highest BCUT2D eigenvalue weighted by Crippen LogP contribution is 2.17. The molecule has 0 radical (unpaired) electrons. The monoisotopic (exact) mass is 307 g/mol. The van der Waals surface area contributed by atoms with Crippen LogP contribution in [0.4, 0.5) is 0 Å². The third-order valence-electron chi connectivity index (χ3n) is 3.43. The van der Waals surface area contributed by atoms with Crippen LogP contribution in [0.15, 0.2) is 52.0 Å². The van der Waals surface area contributed by atoms with Gasteiger partial charge in [0, 0.05) is 24.8 Å². The predicted octanol–water partition coefficient (Wildman–Crippen LogP) is 2.96. The molecule has 0 aliphatic rings. The Balaban J connectivity index is 1.98. The van der Waals surface area contributed by atoms with Crippen LogP contribution in [0.3, 0.4) is 0 Å². The van der Waals surface area contributed by atoms with Gasteiger partial charge < -0.3 is 9.73 Å². The average molecular weight is 307 g/mol. The van der Waals surface area contributed by atoms with Crippen molar-refractivity contribution in [3.63, 3.8) is 0 Å². The molecule has 0 saturated heterocycles. The lowest BCUT2D eigenvalue weighted by molar-refractivity contribution is 0.429. The second-order valence-electron chi connectivity index (χ2n) is 5.41. The van der Waals surface area contributed by atoms with Gasteiger partial charge in [0.1, 0.15) is 5.76 Å². The summed E-state index contributed by atoms with van der Waals surface area (Å²) in [6, 6.07) is 11.3. The molecule has 2 unspecified atom stereocenters. The van der Waals surface area contributed by atoms with Crippen LogP contribution in [0.5, 0.6) is 0 Å². The van der Waals surface area contributed by atoms with Gasteiger partial charge in [-0.2, -0.15) is 0 Å². The topological polar surface area (TPSA) is 59.3 Å². The SMILES string of the molecule is CC(Cc1ccco1)NC(C)c1ccc(S(C)(=O)=O)cc1. The number of rotatable bonds is 6. The number of hydrogen-bond donors (Lipinski definition) is 1. The van der Waals surface area contributed by atoms with Gasteiger partial charge in [-0.25, -0.2) is 8.42 Å². The molecule has 1 aromatic carbocycles. The molecular weight excluding hydrogens is 286 g/mol. The summed E-state index contributed by atoms with van der Waals surface area (Å²) in [7, 11) is -3.14. The molecule has 2 atom stereocenters. The van der Waals surface area contributed by atoms with E-state index in [0.29, 0.717) is 4.90 Å². The van der Waals surface area contributed by atoms with E-state index in [0.717, 1.165) is 17.7 Å². The molecule has 0 aliphatic heterocycles. The van der Waals surface area contributed by atoms with E-state index in [4.69, 9.17) is 4.42 Å². The van der Waals surface area contributed by atoms with Crippen molar-refractivity contribution in [1.82, 2.24) is 5.32 Å². The Morgan fingerprint density at radius 1 is 1.14 bits per heavy atom. The third kappa shape index (κ3) is 4.44. The van der Waals surface area contributed by atoms with Crippen LogP contribution in [0.2, 0.25) is 0 Å². The summed E-state index contributed by atoms with van der Waals surface area (Å²) >= 11 is 0. The van der Waals surface area contributed by atoms with E-state index in [9.17, 15) is 8.42 Å². The maximum absolute atomic E-state index is 11.4. The molecule has 4 nitrogen and oxygen atoms in total. The zero-order valence-corrected chi connectivity index (χ0v) is 13.4. The smallest absolute Gasteiger partial charge is 0.175 e. The van der Waals surface area contributed by atoms with E-state index in [1.54, 1.807) is 18.4 Å². The van der Waals surface area contributed by atoms with E-state index in [1.165, 1.54) is 6.26 Å². The normalized spacial score (nSPS) is 14.8. The molecule has 0 spiro atoms. The Morgan fingerprint density at radius 2 is 1.81 bits per heavy atom. The zero-order valence-electron chi connectivity index (χ0n) is 12.5. The number of hydrogen-bond acceptors (Lipinski definition) is 4. The highest BCUT2D eigenvalue weighted by Gasteiger charge is 2.12. The van der Waals surface area contributed by atoms with Gasteiger partial charge in [-0.3, -0.25) is 0 Å². The highest BCUT2D eigenvalue weighted by atomic mass is 32.2. The quantitative estimate of drug-likeness (QED) is 0.891. The van der Waals surface area contributed by atoms with Gasteiger partial charge in [0.15, 0.2) is 9.84 Å². The summed E-state index contributed by atoms with van der Waals surface area (Å²) in [5.41, 5.74) is 1.06. The zero-order chi connectivity index (χ0) is 15.5. The van der Waals surface area contributed by atoms with Gasteiger partial charge >= 0.3 is 0 Å². The Hall–Kier alpha value is -1.59. The van der Waals surface area contributed by atoms with Crippen LogP contribution in [-0.2, 0) is 16.3 Å². The predicted molar refractivity (Wildman–Crippen MR) is 83.0 cm³/mol. The van der Waals surface area contributed by atoms with Gasteiger partial charge in [0.05, 0.1) is 11.2 Å². The molecule has 5 heteroatoms. The summed E-state index contributed by atoms with van der Waals surface area (Å²) in [6.45, 7) is 4.16. The molecule has 1 aromatic heterocycles. The van der Waals surface area contributed by atoms with Gasteiger partial charge in [0.25, 0.3) is 0 Å². The molecule has 2 aromatic rings. The lowest BCUT2D eigenvalue weighted by Gasteiger charge is -2.20. The molecule has 0 amide bonds. The van der Waals surface area contributed by atoms with Crippen molar-refractivity contribution >= 4 is 9.84 Å². The van der Waals surface area contributed by atoms with Crippen molar-refractivity contribution in [2.24, 2.45) is 0 Å². The second kappa shape index (κ2) is 6.45. The molecule has 0 bridgehead atoms. The number of sulfone groups is 1. The van der Waals surface area contributed by atoms with Crippen molar-refractivity contribution < 1.29 is 12.8 Å². The van der Waals surface area contributed by atoms with Crippen molar-refractivity contribution in [1.29, 1.82) is 0 Å². The van der Waals surface area contributed by atoms with Gasteiger partial charge in [-0.1, -0.05) is 12.1 Å². The van der Waals surface area contributed by atoms with Crippen LogP contribution in [0.25, 0.3) is 0 Å². The highest BCUT2D eigenvalue weighted by molar-refractivity contribution is 7.90. The first-order valence-corrected chi connectivity index (χ1v) is 8.84. The molecule has 0 aliphatic carbocycles. The Labute approximate surface area is 126 Å². The van der Waals surface area contributed by atoms with Crippen LogP contribution in [-0.4, -0.2) is 20.7 Å². The summed E-state index contributed by atoms with van der Waals surface area (Å²) in [6.07, 6.45) is 3.71. The number of furan rings is 1. The van der Waals surface area contributed by atoms with Crippen molar-refractivity contribution in [2.75, 3.05) is 6.26 Å². The lowest BCUT2D eigenvalue weighted by atomic mass is 10.1. The number of nitrogens with one attached hydrogen (secondary N) is 1. The molecule has 1 N–H and O–H groups in total. The summed E-state index contributed by atoms with van der Waals surface area (Å²) in [5, 5.41) is 3.48. The molecule has 2 rings (SSSR count). The fraction of sp³-hybridized carbons (Fsp3) is 0.375.